The third-order valence-electron chi connectivity index (χ3n) is 3.03. The Morgan fingerprint density at radius 2 is 1.50 bits per heavy atom. The van der Waals surface area contributed by atoms with Crippen LogP contribution in [0.1, 0.15) is 18.9 Å². The third kappa shape index (κ3) is 2.21. The van der Waals surface area contributed by atoms with E-state index in [0.717, 1.165) is 0 Å². The fraction of sp³-hybridized carbons (Fsp3) is 0.250. The van der Waals surface area contributed by atoms with E-state index in [4.69, 9.17) is 0 Å². The Morgan fingerprint density at radius 1 is 1.00 bits per heavy atom. The Labute approximate surface area is 127 Å². The molecule has 1 aromatic carbocycles. The Hall–Kier alpha value is -1.17. The Balaban J connectivity index is 0.00000162. The van der Waals surface area contributed by atoms with Crippen molar-refractivity contribution in [2.45, 2.75) is 18.8 Å². The maximum Gasteiger partial charge on any atom is 1.00 e. The summed E-state index contributed by atoms with van der Waals surface area (Å²) in [4.78, 5) is 35.0. The van der Waals surface area contributed by atoms with Crippen molar-refractivity contribution in [3.8, 4) is 0 Å². The fourth-order valence-corrected chi connectivity index (χ4v) is 2.06. The quantitative estimate of drug-likeness (QED) is 0.461. The predicted octanol–water partition coefficient (Wildman–Crippen LogP) is -2.30. The first-order chi connectivity index (χ1) is 8.11. The van der Waals surface area contributed by atoms with Crippen molar-refractivity contribution < 1.29 is 43.9 Å². The van der Waals surface area contributed by atoms with Crippen LogP contribution >= 0.6 is 0 Å². The monoisotopic (exact) mass is 255 g/mol. The number of barbiturate groups is 1. The molecule has 0 radical (unpaired) electrons. The summed E-state index contributed by atoms with van der Waals surface area (Å²) in [6.45, 7) is 1.74. The molecule has 6 heteroatoms. The zero-order chi connectivity index (χ0) is 12.5. The molecular weight excluding hydrogens is 243 g/mol. The Bertz CT molecular complexity index is 467. The summed E-state index contributed by atoms with van der Waals surface area (Å²) in [5.41, 5.74) is -0.722. The molecule has 1 aromatic rings. The van der Waals surface area contributed by atoms with E-state index >= 15 is 0 Å². The van der Waals surface area contributed by atoms with Crippen molar-refractivity contribution in [2.75, 3.05) is 0 Å². The molecule has 2 N–H and O–H groups in total. The second-order valence-electron chi connectivity index (χ2n) is 3.86. The van der Waals surface area contributed by atoms with Crippen molar-refractivity contribution in [1.29, 1.82) is 0 Å². The first kappa shape index (κ1) is 14.9. The molecule has 0 saturated carbocycles. The van der Waals surface area contributed by atoms with Crippen LogP contribution in [0.5, 0.6) is 0 Å². The van der Waals surface area contributed by atoms with Gasteiger partial charge in [0.25, 0.3) is 0 Å². The first-order valence-corrected chi connectivity index (χ1v) is 5.33. The maximum atomic E-state index is 12.0. The van der Waals surface area contributed by atoms with Crippen LogP contribution in [0.15, 0.2) is 30.3 Å². The Kier molecular flexibility index (Phi) is 4.67. The van der Waals surface area contributed by atoms with Crippen LogP contribution in [0.2, 0.25) is 0 Å². The van der Waals surface area contributed by atoms with Gasteiger partial charge in [-0.05, 0) is 12.0 Å². The molecule has 0 aromatic heterocycles. The molecule has 0 spiro atoms. The van der Waals surface area contributed by atoms with Gasteiger partial charge in [-0.1, -0.05) is 37.3 Å². The molecule has 1 saturated heterocycles. The van der Waals surface area contributed by atoms with Gasteiger partial charge in [0.1, 0.15) is 0 Å². The van der Waals surface area contributed by atoms with Crippen molar-refractivity contribution in [3.63, 3.8) is 0 Å². The van der Waals surface area contributed by atoms with Gasteiger partial charge in [-0.2, -0.15) is 0 Å². The van der Waals surface area contributed by atoms with Gasteiger partial charge in [0.05, 0.1) is 0 Å². The molecule has 4 amide bonds. The van der Waals surface area contributed by atoms with Crippen molar-refractivity contribution in [1.82, 2.24) is 10.6 Å². The van der Waals surface area contributed by atoms with Gasteiger partial charge in [-0.15, -0.1) is 0 Å². The minimum Gasteiger partial charge on any atom is -0.277 e. The molecule has 1 heterocycles. The SMILES string of the molecule is CCC1(c2ccccc2)C(=O)NC(=O)NC1=O.[Na+]. The molecule has 0 bridgehead atoms. The Morgan fingerprint density at radius 3 is 1.94 bits per heavy atom. The van der Waals surface area contributed by atoms with Gasteiger partial charge >= 0.3 is 35.6 Å². The summed E-state index contributed by atoms with van der Waals surface area (Å²) in [5, 5.41) is 4.28. The van der Waals surface area contributed by atoms with Crippen molar-refractivity contribution in [2.24, 2.45) is 0 Å². The number of amides is 4. The van der Waals surface area contributed by atoms with E-state index < -0.39 is 23.3 Å². The molecule has 1 aliphatic rings. The summed E-state index contributed by atoms with van der Waals surface area (Å²) in [5.74, 6) is -1.14. The van der Waals surface area contributed by atoms with Crippen LogP contribution in [0.25, 0.3) is 0 Å². The number of carbonyl (C=O) groups is 3. The van der Waals surface area contributed by atoms with Crippen LogP contribution in [0.3, 0.4) is 0 Å². The van der Waals surface area contributed by atoms with Crippen LogP contribution in [0, 0.1) is 0 Å². The number of urea groups is 1. The number of benzene rings is 1. The zero-order valence-electron chi connectivity index (χ0n) is 10.3. The van der Waals surface area contributed by atoms with Crippen molar-refractivity contribution in [3.05, 3.63) is 35.9 Å². The van der Waals surface area contributed by atoms with E-state index in [2.05, 4.69) is 10.6 Å². The van der Waals surface area contributed by atoms with E-state index in [1.54, 1.807) is 37.3 Å². The van der Waals surface area contributed by atoms with Gasteiger partial charge < -0.3 is 0 Å². The minimum absolute atomic E-state index is 0. The molecule has 0 unspecified atom stereocenters. The second kappa shape index (κ2) is 5.65. The van der Waals surface area contributed by atoms with Crippen molar-refractivity contribution >= 4 is 17.8 Å². The first-order valence-electron chi connectivity index (χ1n) is 5.33. The predicted molar refractivity (Wildman–Crippen MR) is 60.1 cm³/mol. The molecule has 5 nitrogen and oxygen atoms in total. The molecule has 2 rings (SSSR count). The molecule has 0 aliphatic carbocycles. The number of nitrogens with one attached hydrogen (secondary N) is 2. The molecular formula is C12H12N2NaO3+. The summed E-state index contributed by atoms with van der Waals surface area (Å²) < 4.78 is 0. The zero-order valence-corrected chi connectivity index (χ0v) is 12.3. The number of carbonyl (C=O) groups excluding carboxylic acids is 3. The fourth-order valence-electron chi connectivity index (χ4n) is 2.06. The average Bonchev–Trinajstić information content (AvgIpc) is 2.30. The van der Waals surface area contributed by atoms with E-state index in [1.807, 2.05) is 0 Å². The van der Waals surface area contributed by atoms with E-state index in [9.17, 15) is 14.4 Å². The molecule has 0 atom stereocenters. The van der Waals surface area contributed by atoms with E-state index in [-0.39, 0.29) is 29.6 Å². The van der Waals surface area contributed by atoms with Crippen LogP contribution in [0.4, 0.5) is 4.79 Å². The normalized spacial score (nSPS) is 17.5. The summed E-state index contributed by atoms with van der Waals surface area (Å²) in [6.07, 6.45) is 0.294. The van der Waals surface area contributed by atoms with Crippen LogP contribution in [-0.4, -0.2) is 17.8 Å². The van der Waals surface area contributed by atoms with E-state index in [0.29, 0.717) is 12.0 Å². The van der Waals surface area contributed by atoms with Gasteiger partial charge in [0, 0.05) is 0 Å². The largest absolute Gasteiger partial charge is 1.00 e. The smallest absolute Gasteiger partial charge is 0.277 e. The standard InChI is InChI=1S/C12H12N2O3.Na/c1-2-12(8-6-4-3-5-7-8)9(15)13-11(17)14-10(12)16;/h3-7H,2H2,1H3,(H2,13,14,15,16,17);/q;+1. The minimum atomic E-state index is -1.31. The average molecular weight is 255 g/mol. The molecule has 18 heavy (non-hydrogen) atoms. The molecule has 88 valence electrons. The van der Waals surface area contributed by atoms with E-state index in [1.165, 1.54) is 0 Å². The summed E-state index contributed by atoms with van der Waals surface area (Å²) in [6, 6.07) is 7.96. The number of imide groups is 2. The summed E-state index contributed by atoms with van der Waals surface area (Å²) >= 11 is 0. The maximum absolute atomic E-state index is 12.0. The van der Waals surface area contributed by atoms with Crippen LogP contribution in [-0.2, 0) is 15.0 Å². The molecule has 1 aliphatic heterocycles. The summed E-state index contributed by atoms with van der Waals surface area (Å²) in [7, 11) is 0. The third-order valence-corrected chi connectivity index (χ3v) is 3.03. The van der Waals surface area contributed by atoms with Gasteiger partial charge in [0.2, 0.25) is 11.8 Å². The van der Waals surface area contributed by atoms with Gasteiger partial charge in [-0.25, -0.2) is 4.79 Å². The topological polar surface area (TPSA) is 75.3 Å². The van der Waals surface area contributed by atoms with Crippen LogP contribution < -0.4 is 40.2 Å². The molecule has 1 fully saturated rings. The second-order valence-corrected chi connectivity index (χ2v) is 3.86. The number of hydrogen-bond donors (Lipinski definition) is 2. The number of rotatable bonds is 2. The van der Waals surface area contributed by atoms with Gasteiger partial charge in [-0.3, -0.25) is 20.2 Å². The number of hydrogen-bond acceptors (Lipinski definition) is 3. The van der Waals surface area contributed by atoms with Gasteiger partial charge in [0.15, 0.2) is 5.41 Å².